The van der Waals surface area contributed by atoms with Crippen molar-refractivity contribution >= 4 is 11.6 Å². The van der Waals surface area contributed by atoms with Gasteiger partial charge in [-0.25, -0.2) is 0 Å². The number of benzene rings is 1. The maximum Gasteiger partial charge on any atom is 0.244 e. The highest BCUT2D eigenvalue weighted by Crippen LogP contribution is 2.37. The third kappa shape index (κ3) is 1.99. The number of ether oxygens (including phenoxy) is 1. The molecule has 0 N–H and O–H groups in total. The van der Waals surface area contributed by atoms with Crippen LogP contribution < -0.4 is 9.64 Å². The first-order chi connectivity index (χ1) is 9.72. The highest BCUT2D eigenvalue weighted by atomic mass is 16.5. The molecule has 20 heavy (non-hydrogen) atoms. The third-order valence-electron chi connectivity index (χ3n) is 4.69. The average Bonchev–Trinajstić information content (AvgIpc) is 3.17. The Kier molecular flexibility index (Phi) is 2.74. The van der Waals surface area contributed by atoms with E-state index in [1.807, 2.05) is 31.3 Å². The lowest BCUT2D eigenvalue weighted by atomic mass is 10.1. The number of carbonyl (C=O) groups is 1. The second-order valence-electron chi connectivity index (χ2n) is 6.25. The highest BCUT2D eigenvalue weighted by molar-refractivity contribution is 5.98. The van der Waals surface area contributed by atoms with E-state index in [9.17, 15) is 4.79 Å². The van der Waals surface area contributed by atoms with Gasteiger partial charge in [-0.1, -0.05) is 12.1 Å². The van der Waals surface area contributed by atoms with Crippen LogP contribution in [-0.2, 0) is 4.79 Å². The number of para-hydroxylation sites is 2. The van der Waals surface area contributed by atoms with Crippen LogP contribution in [0.4, 0.5) is 5.69 Å². The Morgan fingerprint density at radius 2 is 2.10 bits per heavy atom. The number of hydrogen-bond donors (Lipinski definition) is 0. The van der Waals surface area contributed by atoms with Crippen molar-refractivity contribution in [3.05, 3.63) is 24.3 Å². The predicted molar refractivity (Wildman–Crippen MR) is 77.0 cm³/mol. The fraction of sp³-hybridized carbons (Fsp3) is 0.562. The molecule has 2 fully saturated rings. The maximum absolute atomic E-state index is 12.8. The largest absolute Gasteiger partial charge is 0.487 e. The Balaban J connectivity index is 1.66. The molecule has 1 saturated carbocycles. The van der Waals surface area contributed by atoms with Gasteiger partial charge in [0, 0.05) is 26.6 Å². The lowest BCUT2D eigenvalue weighted by Crippen LogP contribution is -2.45. The number of rotatable bonds is 2. The molecule has 1 amide bonds. The minimum absolute atomic E-state index is 0.000967. The molecule has 3 aliphatic rings. The van der Waals surface area contributed by atoms with Gasteiger partial charge in [-0.3, -0.25) is 9.69 Å². The van der Waals surface area contributed by atoms with Crippen molar-refractivity contribution in [2.75, 3.05) is 25.0 Å². The Bertz CT molecular complexity index is 541. The molecule has 1 aromatic carbocycles. The highest BCUT2D eigenvalue weighted by Gasteiger charge is 2.43. The first kappa shape index (κ1) is 12.2. The molecule has 0 radical (unpaired) electrons. The summed E-state index contributed by atoms with van der Waals surface area (Å²) in [5.74, 6) is 1.85. The zero-order valence-corrected chi connectivity index (χ0v) is 11.8. The van der Waals surface area contributed by atoms with Crippen LogP contribution in [0.2, 0.25) is 0 Å². The van der Waals surface area contributed by atoms with Crippen molar-refractivity contribution in [2.24, 2.45) is 5.92 Å². The average molecular weight is 272 g/mol. The van der Waals surface area contributed by atoms with E-state index in [-0.39, 0.29) is 18.1 Å². The second-order valence-corrected chi connectivity index (χ2v) is 6.25. The zero-order chi connectivity index (χ0) is 13.7. The third-order valence-corrected chi connectivity index (χ3v) is 4.69. The lowest BCUT2D eigenvalue weighted by Gasteiger charge is -2.29. The van der Waals surface area contributed by atoms with E-state index in [1.54, 1.807) is 4.90 Å². The van der Waals surface area contributed by atoms with Gasteiger partial charge in [0.25, 0.3) is 0 Å². The van der Waals surface area contributed by atoms with Crippen LogP contribution in [0, 0.1) is 5.92 Å². The summed E-state index contributed by atoms with van der Waals surface area (Å²) in [6, 6.07) is 7.84. The normalized spacial score (nSPS) is 29.6. The first-order valence-corrected chi connectivity index (χ1v) is 7.49. The van der Waals surface area contributed by atoms with Crippen LogP contribution >= 0.6 is 0 Å². The smallest absolute Gasteiger partial charge is 0.244 e. The zero-order valence-electron chi connectivity index (χ0n) is 11.8. The Morgan fingerprint density at radius 1 is 1.30 bits per heavy atom. The van der Waals surface area contributed by atoms with Crippen LogP contribution in [0.25, 0.3) is 0 Å². The molecule has 0 unspecified atom stereocenters. The van der Waals surface area contributed by atoms with Crippen LogP contribution in [0.3, 0.4) is 0 Å². The van der Waals surface area contributed by atoms with E-state index in [0.29, 0.717) is 0 Å². The van der Waals surface area contributed by atoms with Crippen molar-refractivity contribution in [2.45, 2.75) is 31.4 Å². The molecule has 2 bridgehead atoms. The Morgan fingerprint density at radius 3 is 2.90 bits per heavy atom. The van der Waals surface area contributed by atoms with E-state index in [2.05, 4.69) is 4.90 Å². The van der Waals surface area contributed by atoms with Crippen LogP contribution in [0.5, 0.6) is 5.75 Å². The van der Waals surface area contributed by atoms with E-state index >= 15 is 0 Å². The van der Waals surface area contributed by atoms with E-state index in [0.717, 1.165) is 36.9 Å². The molecule has 0 spiro atoms. The molecule has 106 valence electrons. The fourth-order valence-electron chi connectivity index (χ4n) is 3.39. The summed E-state index contributed by atoms with van der Waals surface area (Å²) in [6.07, 6.45) is 3.61. The van der Waals surface area contributed by atoms with Gasteiger partial charge in [-0.2, -0.15) is 0 Å². The summed E-state index contributed by atoms with van der Waals surface area (Å²) in [5.41, 5.74) is 0.889. The van der Waals surface area contributed by atoms with Gasteiger partial charge < -0.3 is 9.64 Å². The van der Waals surface area contributed by atoms with Gasteiger partial charge in [0.2, 0.25) is 5.91 Å². The number of likely N-dealkylation sites (N-methyl/N-ethyl adjacent to an activating group) is 1. The van der Waals surface area contributed by atoms with Crippen molar-refractivity contribution in [1.82, 2.24) is 4.90 Å². The quantitative estimate of drug-likeness (QED) is 0.824. The number of carbonyl (C=O) groups excluding carboxylic acids is 1. The second kappa shape index (κ2) is 4.48. The lowest BCUT2D eigenvalue weighted by molar-refractivity contribution is -0.122. The SMILES string of the molecule is CN1C(=O)[C@@H]2C[C@@H](CN2CC2CC2)Oc2ccccc21. The van der Waals surface area contributed by atoms with Crippen molar-refractivity contribution < 1.29 is 9.53 Å². The first-order valence-electron chi connectivity index (χ1n) is 7.49. The van der Waals surface area contributed by atoms with E-state index in [1.165, 1.54) is 12.8 Å². The van der Waals surface area contributed by atoms with Gasteiger partial charge in [-0.15, -0.1) is 0 Å². The standard InChI is InChI=1S/C16H20N2O2/c1-17-13-4-2-3-5-15(13)20-12-8-14(16(17)19)18(10-12)9-11-6-7-11/h2-5,11-12,14H,6-10H2,1H3/t12-,14-/m0/s1. The monoisotopic (exact) mass is 272 g/mol. The molecule has 2 atom stereocenters. The van der Waals surface area contributed by atoms with Crippen molar-refractivity contribution in [1.29, 1.82) is 0 Å². The molecular weight excluding hydrogens is 252 g/mol. The van der Waals surface area contributed by atoms with Gasteiger partial charge >= 0.3 is 0 Å². The summed E-state index contributed by atoms with van der Waals surface area (Å²) in [5, 5.41) is 0. The number of anilines is 1. The molecule has 0 aromatic heterocycles. The number of amides is 1. The van der Waals surface area contributed by atoms with Crippen LogP contribution in [0.15, 0.2) is 24.3 Å². The minimum atomic E-state index is -0.000967. The summed E-state index contributed by atoms with van der Waals surface area (Å²) in [4.78, 5) is 16.9. The molecule has 4 heteroatoms. The minimum Gasteiger partial charge on any atom is -0.487 e. The molecule has 4 nitrogen and oxygen atoms in total. The molecular formula is C16H20N2O2. The predicted octanol–water partition coefficient (Wildman–Crippen LogP) is 1.89. The summed E-state index contributed by atoms with van der Waals surface area (Å²) in [7, 11) is 1.86. The number of hydrogen-bond acceptors (Lipinski definition) is 3. The Hall–Kier alpha value is -1.55. The van der Waals surface area contributed by atoms with Crippen LogP contribution in [0.1, 0.15) is 19.3 Å². The van der Waals surface area contributed by atoms with Gasteiger partial charge in [0.15, 0.2) is 0 Å². The van der Waals surface area contributed by atoms with Gasteiger partial charge in [0.05, 0.1) is 11.7 Å². The van der Waals surface area contributed by atoms with Crippen LogP contribution in [-0.4, -0.2) is 43.1 Å². The fourth-order valence-corrected chi connectivity index (χ4v) is 3.39. The molecule has 1 aromatic rings. The number of likely N-dealkylation sites (tertiary alicyclic amines) is 1. The van der Waals surface area contributed by atoms with Gasteiger partial charge in [0.1, 0.15) is 11.9 Å². The molecule has 2 aliphatic heterocycles. The molecule has 1 saturated heterocycles. The maximum atomic E-state index is 12.8. The van der Waals surface area contributed by atoms with Crippen molar-refractivity contribution in [3.63, 3.8) is 0 Å². The number of fused-ring (bicyclic) bond motifs is 3. The van der Waals surface area contributed by atoms with Gasteiger partial charge in [-0.05, 0) is 30.9 Å². The van der Waals surface area contributed by atoms with Crippen molar-refractivity contribution in [3.8, 4) is 5.75 Å². The summed E-state index contributed by atoms with van der Waals surface area (Å²) in [6.45, 7) is 1.94. The number of nitrogens with zero attached hydrogens (tertiary/aromatic N) is 2. The molecule has 1 aliphatic carbocycles. The molecule has 4 rings (SSSR count). The molecule has 2 heterocycles. The topological polar surface area (TPSA) is 32.8 Å². The Labute approximate surface area is 119 Å². The summed E-state index contributed by atoms with van der Waals surface area (Å²) < 4.78 is 6.14. The van der Waals surface area contributed by atoms with E-state index in [4.69, 9.17) is 4.74 Å². The van der Waals surface area contributed by atoms with E-state index < -0.39 is 0 Å². The summed E-state index contributed by atoms with van der Waals surface area (Å²) >= 11 is 0.